The van der Waals surface area contributed by atoms with Crippen LogP contribution in [0.3, 0.4) is 0 Å². The van der Waals surface area contributed by atoms with Crippen LogP contribution in [-0.2, 0) is 0 Å². The molecule has 116 valence electrons. The maximum atomic E-state index is 5.48. The third kappa shape index (κ3) is 1.94. The Morgan fingerprint density at radius 1 is 1.00 bits per heavy atom. The molecule has 1 aromatic carbocycles. The summed E-state index contributed by atoms with van der Waals surface area (Å²) in [7, 11) is 0. The van der Waals surface area contributed by atoms with Crippen LogP contribution in [0.15, 0.2) is 36.8 Å². The van der Waals surface area contributed by atoms with E-state index in [2.05, 4.69) is 19.3 Å². The number of ether oxygens (including phenoxy) is 2. The van der Waals surface area contributed by atoms with Gasteiger partial charge >= 0.3 is 0 Å². The van der Waals surface area contributed by atoms with Gasteiger partial charge in [-0.3, -0.25) is 4.40 Å². The van der Waals surface area contributed by atoms with Gasteiger partial charge in [-0.25, -0.2) is 9.97 Å². The Morgan fingerprint density at radius 2 is 1.87 bits per heavy atom. The van der Waals surface area contributed by atoms with E-state index in [1.54, 1.807) is 0 Å². The van der Waals surface area contributed by atoms with Crippen molar-refractivity contribution >= 4 is 11.5 Å². The second kappa shape index (κ2) is 4.87. The summed E-state index contributed by atoms with van der Waals surface area (Å²) < 4.78 is 13.0. The van der Waals surface area contributed by atoms with Crippen LogP contribution >= 0.6 is 0 Å². The molecule has 1 saturated heterocycles. The van der Waals surface area contributed by atoms with Gasteiger partial charge in [0, 0.05) is 31.0 Å². The number of benzene rings is 1. The fourth-order valence-corrected chi connectivity index (χ4v) is 3.33. The van der Waals surface area contributed by atoms with Gasteiger partial charge < -0.3 is 14.4 Å². The van der Waals surface area contributed by atoms with E-state index < -0.39 is 0 Å². The molecule has 0 spiro atoms. The number of hydrogen-bond donors (Lipinski definition) is 0. The first-order valence-electron chi connectivity index (χ1n) is 7.87. The molecule has 6 nitrogen and oxygen atoms in total. The molecule has 5 rings (SSSR count). The minimum Gasteiger partial charge on any atom is -0.454 e. The summed E-state index contributed by atoms with van der Waals surface area (Å²) in [5, 5.41) is 0. The third-order valence-electron chi connectivity index (χ3n) is 4.48. The van der Waals surface area contributed by atoms with Crippen LogP contribution in [0.25, 0.3) is 16.9 Å². The van der Waals surface area contributed by atoms with Crippen molar-refractivity contribution in [1.29, 1.82) is 0 Å². The largest absolute Gasteiger partial charge is 0.454 e. The van der Waals surface area contributed by atoms with Gasteiger partial charge in [0.25, 0.3) is 0 Å². The second-order valence-corrected chi connectivity index (χ2v) is 5.85. The van der Waals surface area contributed by atoms with Crippen molar-refractivity contribution in [2.45, 2.75) is 12.8 Å². The summed E-state index contributed by atoms with van der Waals surface area (Å²) >= 11 is 0. The lowest BCUT2D eigenvalue weighted by Crippen LogP contribution is -2.19. The Balaban J connectivity index is 1.64. The molecule has 23 heavy (non-hydrogen) atoms. The van der Waals surface area contributed by atoms with Crippen LogP contribution < -0.4 is 14.4 Å². The highest BCUT2D eigenvalue weighted by Gasteiger charge is 2.20. The van der Waals surface area contributed by atoms with E-state index in [-0.39, 0.29) is 6.79 Å². The van der Waals surface area contributed by atoms with Crippen LogP contribution in [0.4, 0.5) is 5.82 Å². The van der Waals surface area contributed by atoms with Gasteiger partial charge in [-0.05, 0) is 31.0 Å². The smallest absolute Gasteiger partial charge is 0.231 e. The first-order chi connectivity index (χ1) is 11.4. The van der Waals surface area contributed by atoms with Crippen molar-refractivity contribution in [3.05, 3.63) is 36.8 Å². The number of hydrogen-bond acceptors (Lipinski definition) is 5. The molecule has 0 aliphatic carbocycles. The fourth-order valence-electron chi connectivity index (χ4n) is 3.33. The van der Waals surface area contributed by atoms with Crippen molar-refractivity contribution < 1.29 is 9.47 Å². The highest BCUT2D eigenvalue weighted by Crippen LogP contribution is 2.36. The van der Waals surface area contributed by atoms with Crippen LogP contribution in [-0.4, -0.2) is 34.3 Å². The zero-order valence-corrected chi connectivity index (χ0v) is 12.6. The van der Waals surface area contributed by atoms with Gasteiger partial charge in [0.2, 0.25) is 6.79 Å². The number of nitrogens with zero attached hydrogens (tertiary/aromatic N) is 4. The molecule has 4 heterocycles. The van der Waals surface area contributed by atoms with Gasteiger partial charge in [-0.1, -0.05) is 0 Å². The van der Waals surface area contributed by atoms with Crippen LogP contribution in [0.2, 0.25) is 0 Å². The number of anilines is 1. The highest BCUT2D eigenvalue weighted by molar-refractivity contribution is 5.72. The summed E-state index contributed by atoms with van der Waals surface area (Å²) in [5.41, 5.74) is 2.99. The minimum absolute atomic E-state index is 0.287. The summed E-state index contributed by atoms with van der Waals surface area (Å²) in [6.45, 7) is 2.40. The maximum Gasteiger partial charge on any atom is 0.231 e. The van der Waals surface area contributed by atoms with E-state index >= 15 is 0 Å². The monoisotopic (exact) mass is 308 g/mol. The van der Waals surface area contributed by atoms with Gasteiger partial charge in [-0.2, -0.15) is 0 Å². The van der Waals surface area contributed by atoms with E-state index in [1.165, 1.54) is 12.8 Å². The Labute approximate surface area is 133 Å². The number of rotatable bonds is 2. The van der Waals surface area contributed by atoms with Crippen molar-refractivity contribution in [1.82, 2.24) is 14.4 Å². The topological polar surface area (TPSA) is 51.9 Å². The van der Waals surface area contributed by atoms with E-state index in [1.807, 2.05) is 36.8 Å². The van der Waals surface area contributed by atoms with Gasteiger partial charge in [-0.15, -0.1) is 0 Å². The second-order valence-electron chi connectivity index (χ2n) is 5.85. The first-order valence-corrected chi connectivity index (χ1v) is 7.87. The van der Waals surface area contributed by atoms with Crippen LogP contribution in [0, 0.1) is 0 Å². The van der Waals surface area contributed by atoms with Gasteiger partial charge in [0.05, 0.1) is 11.9 Å². The fraction of sp³-hybridized carbons (Fsp3) is 0.294. The predicted molar refractivity (Wildman–Crippen MR) is 86.0 cm³/mol. The number of aromatic nitrogens is 3. The quantitative estimate of drug-likeness (QED) is 0.728. The molecule has 0 N–H and O–H groups in total. The molecule has 0 bridgehead atoms. The average Bonchev–Trinajstić information content (AvgIpc) is 3.33. The SMILES string of the molecule is c1cn2c(-c3ccc4c(c3)OCO4)cnc2c(N2CCCC2)n1. The molecule has 6 heteroatoms. The molecule has 0 saturated carbocycles. The van der Waals surface area contributed by atoms with E-state index in [9.17, 15) is 0 Å². The molecule has 0 radical (unpaired) electrons. The molecule has 0 atom stereocenters. The number of imidazole rings is 1. The van der Waals surface area contributed by atoms with Crippen molar-refractivity contribution in [2.24, 2.45) is 0 Å². The number of fused-ring (bicyclic) bond motifs is 2. The lowest BCUT2D eigenvalue weighted by Gasteiger charge is -2.16. The molecule has 3 aromatic rings. The maximum absolute atomic E-state index is 5.48. The zero-order chi connectivity index (χ0) is 15.2. The average molecular weight is 308 g/mol. The zero-order valence-electron chi connectivity index (χ0n) is 12.6. The summed E-state index contributed by atoms with van der Waals surface area (Å²) in [6, 6.07) is 5.98. The Morgan fingerprint density at radius 3 is 2.78 bits per heavy atom. The Kier molecular flexibility index (Phi) is 2.70. The standard InChI is InChI=1S/C17H16N4O2/c1-2-7-20(6-1)16-17-19-10-13(21(17)8-5-18-16)12-3-4-14-15(9-12)23-11-22-14/h3-5,8-10H,1-2,6-7,11H2. The lowest BCUT2D eigenvalue weighted by atomic mass is 10.1. The summed E-state index contributed by atoms with van der Waals surface area (Å²) in [6.07, 6.45) is 8.14. The van der Waals surface area contributed by atoms with Crippen molar-refractivity contribution in [2.75, 3.05) is 24.8 Å². The first kappa shape index (κ1) is 12.8. The van der Waals surface area contributed by atoms with Gasteiger partial charge in [0.15, 0.2) is 23.0 Å². The summed E-state index contributed by atoms with van der Waals surface area (Å²) in [5.74, 6) is 2.55. The van der Waals surface area contributed by atoms with Crippen molar-refractivity contribution in [3.63, 3.8) is 0 Å². The summed E-state index contributed by atoms with van der Waals surface area (Å²) in [4.78, 5) is 11.5. The molecule has 0 amide bonds. The van der Waals surface area contributed by atoms with Crippen LogP contribution in [0.5, 0.6) is 11.5 Å². The Bertz CT molecular complexity index is 883. The van der Waals surface area contributed by atoms with Crippen molar-refractivity contribution in [3.8, 4) is 22.8 Å². The molecule has 2 aliphatic heterocycles. The lowest BCUT2D eigenvalue weighted by molar-refractivity contribution is 0.174. The van der Waals surface area contributed by atoms with Gasteiger partial charge in [0.1, 0.15) is 0 Å². The molecule has 2 aliphatic rings. The molecular formula is C17H16N4O2. The highest BCUT2D eigenvalue weighted by atomic mass is 16.7. The van der Waals surface area contributed by atoms with E-state index in [0.717, 1.165) is 47.3 Å². The molecular weight excluding hydrogens is 292 g/mol. The predicted octanol–water partition coefficient (Wildman–Crippen LogP) is 2.73. The Hall–Kier alpha value is -2.76. The third-order valence-corrected chi connectivity index (χ3v) is 4.48. The minimum atomic E-state index is 0.287. The van der Waals surface area contributed by atoms with Crippen LogP contribution in [0.1, 0.15) is 12.8 Å². The molecule has 2 aromatic heterocycles. The molecule has 0 unspecified atom stereocenters. The van der Waals surface area contributed by atoms with E-state index in [4.69, 9.17) is 9.47 Å². The van der Waals surface area contributed by atoms with E-state index in [0.29, 0.717) is 0 Å². The molecule has 1 fully saturated rings. The normalized spacial score (nSPS) is 16.4.